The molecule has 0 aromatic rings. The van der Waals surface area contributed by atoms with Gasteiger partial charge < -0.3 is 31.1 Å². The van der Waals surface area contributed by atoms with E-state index in [2.05, 4.69) is 16.0 Å². The van der Waals surface area contributed by atoms with Gasteiger partial charge in [-0.25, -0.2) is 0 Å². The number of unbranched alkanes of at least 4 members (excludes halogenated alkanes) is 4. The van der Waals surface area contributed by atoms with E-state index >= 15 is 0 Å². The number of carboxylic acids is 2. The Kier molecular flexibility index (Phi) is 17.6. The topological polar surface area (TPSA) is 182 Å². The van der Waals surface area contributed by atoms with E-state index in [-0.39, 0.29) is 49.7 Å². The lowest BCUT2D eigenvalue weighted by Crippen LogP contribution is -2.49. The second-order valence-corrected chi connectivity index (χ2v) is 9.64. The van der Waals surface area contributed by atoms with E-state index < -0.39 is 36.1 Å². The van der Waals surface area contributed by atoms with Crippen molar-refractivity contribution in [2.45, 2.75) is 91.1 Å². The van der Waals surface area contributed by atoms with Crippen LogP contribution in [0, 0.1) is 5.92 Å². The molecule has 0 heterocycles. The van der Waals surface area contributed by atoms with E-state index in [9.17, 15) is 28.8 Å². The van der Waals surface area contributed by atoms with Crippen molar-refractivity contribution in [2.24, 2.45) is 5.92 Å². The summed E-state index contributed by atoms with van der Waals surface area (Å²) >= 11 is 0. The van der Waals surface area contributed by atoms with E-state index in [1.165, 1.54) is 4.90 Å². The number of nitrogens with one attached hydrogen (secondary N) is 3. The normalized spacial score (nSPS) is 11.7. The number of carbonyl (C=O) groups excluding carboxylic acids is 4. The summed E-state index contributed by atoms with van der Waals surface area (Å²) in [7, 11) is 0. The second-order valence-electron chi connectivity index (χ2n) is 9.64. The number of hydrogen-bond donors (Lipinski definition) is 5. The molecule has 0 saturated heterocycles. The Morgan fingerprint density at radius 3 is 1.92 bits per heavy atom. The van der Waals surface area contributed by atoms with Gasteiger partial charge in [0.15, 0.2) is 5.78 Å². The summed E-state index contributed by atoms with van der Waals surface area (Å²) in [5, 5.41) is 25.9. The van der Waals surface area contributed by atoms with Crippen LogP contribution in [-0.2, 0) is 28.8 Å². The van der Waals surface area contributed by atoms with Crippen LogP contribution in [0.25, 0.3) is 0 Å². The average molecular weight is 529 g/mol. The lowest BCUT2D eigenvalue weighted by Gasteiger charge is -2.26. The molecule has 12 nitrogen and oxygen atoms in total. The first-order valence-corrected chi connectivity index (χ1v) is 12.9. The van der Waals surface area contributed by atoms with Gasteiger partial charge in [-0.15, -0.1) is 0 Å². The molecule has 0 saturated carbocycles. The molecule has 0 aromatic carbocycles. The van der Waals surface area contributed by atoms with Crippen LogP contribution in [0.15, 0.2) is 0 Å². The molecule has 1 atom stereocenters. The number of ketones is 1. The van der Waals surface area contributed by atoms with Gasteiger partial charge in [-0.05, 0) is 39.2 Å². The number of Topliss-reactive ketones (excluding diaryl/α,β-unsaturated/α-hetero) is 1. The summed E-state index contributed by atoms with van der Waals surface area (Å²) in [5.74, 6) is -3.91. The van der Waals surface area contributed by atoms with Gasteiger partial charge in [0.2, 0.25) is 17.7 Å². The number of carboxylic acid groups (broad SMARTS) is 2. The smallest absolute Gasteiger partial charge is 0.310 e. The highest BCUT2D eigenvalue weighted by atomic mass is 16.4. The van der Waals surface area contributed by atoms with Crippen LogP contribution in [0.1, 0.15) is 79.1 Å². The average Bonchev–Trinajstić information content (AvgIpc) is 2.79. The summed E-state index contributed by atoms with van der Waals surface area (Å²) in [6.07, 6.45) is 3.38. The first kappa shape index (κ1) is 34.0. The zero-order valence-electron chi connectivity index (χ0n) is 22.5. The van der Waals surface area contributed by atoms with Gasteiger partial charge in [0.05, 0.1) is 19.5 Å². The number of aliphatic carboxylic acids is 2. The standard InChI is InChI=1S/C25H44N4O8/c1-17(2)24(28-20(31)10-11-22(33)34)25(37)27-13-9-7-5-6-8-12-26-15-21(32)29(18(3)4)16-19(30)14-23(35)36/h17-18,24,26H,5-16H2,1-4H3,(H,27,37)(H,28,31)(H,33,34)(H,35,36). The van der Waals surface area contributed by atoms with E-state index in [0.29, 0.717) is 13.1 Å². The van der Waals surface area contributed by atoms with Crippen molar-refractivity contribution in [3.63, 3.8) is 0 Å². The van der Waals surface area contributed by atoms with Gasteiger partial charge in [0.1, 0.15) is 12.5 Å². The molecule has 212 valence electrons. The lowest BCUT2D eigenvalue weighted by molar-refractivity contribution is -0.143. The maximum absolute atomic E-state index is 12.4. The van der Waals surface area contributed by atoms with Crippen LogP contribution < -0.4 is 16.0 Å². The largest absolute Gasteiger partial charge is 0.481 e. The molecule has 0 bridgehead atoms. The minimum absolute atomic E-state index is 0.0778. The molecule has 0 radical (unpaired) electrons. The fraction of sp³-hybridized carbons (Fsp3) is 0.760. The second kappa shape index (κ2) is 19.1. The summed E-state index contributed by atoms with van der Waals surface area (Å²) in [5.41, 5.74) is 0. The van der Waals surface area contributed by atoms with Crippen LogP contribution in [0.5, 0.6) is 0 Å². The molecule has 0 aliphatic rings. The molecule has 3 amide bonds. The van der Waals surface area contributed by atoms with Crippen molar-refractivity contribution in [1.29, 1.82) is 0 Å². The predicted molar refractivity (Wildman–Crippen MR) is 137 cm³/mol. The van der Waals surface area contributed by atoms with E-state index in [1.54, 1.807) is 13.8 Å². The Hall–Kier alpha value is -3.02. The van der Waals surface area contributed by atoms with Gasteiger partial charge in [-0.1, -0.05) is 33.1 Å². The lowest BCUT2D eigenvalue weighted by atomic mass is 10.0. The van der Waals surface area contributed by atoms with Crippen LogP contribution in [-0.4, -0.2) is 88.8 Å². The SMILES string of the molecule is CC(C)C(NC(=O)CCC(=O)O)C(=O)NCCCCCCCNCC(=O)N(CC(=O)CC(=O)O)C(C)C. The third-order valence-corrected chi connectivity index (χ3v) is 5.58. The maximum atomic E-state index is 12.4. The summed E-state index contributed by atoms with van der Waals surface area (Å²) in [6, 6.07) is -0.923. The molecule has 0 fully saturated rings. The molecule has 1 unspecified atom stereocenters. The number of nitrogens with zero attached hydrogens (tertiary/aromatic N) is 1. The summed E-state index contributed by atoms with van der Waals surface area (Å²) in [6.45, 7) is 8.14. The Balaban J connectivity index is 4.05. The highest BCUT2D eigenvalue weighted by Gasteiger charge is 2.24. The monoisotopic (exact) mass is 528 g/mol. The molecule has 5 N–H and O–H groups in total. The summed E-state index contributed by atoms with van der Waals surface area (Å²) in [4.78, 5) is 70.9. The Bertz CT molecular complexity index is 770. The van der Waals surface area contributed by atoms with Gasteiger partial charge >= 0.3 is 11.9 Å². The highest BCUT2D eigenvalue weighted by Crippen LogP contribution is 2.05. The highest BCUT2D eigenvalue weighted by molar-refractivity contribution is 5.97. The molecule has 0 spiro atoms. The van der Waals surface area contributed by atoms with Gasteiger partial charge in [-0.2, -0.15) is 0 Å². The molecule has 0 aromatic heterocycles. The number of amides is 3. The van der Waals surface area contributed by atoms with Gasteiger partial charge in [-0.3, -0.25) is 28.8 Å². The zero-order chi connectivity index (χ0) is 28.4. The van der Waals surface area contributed by atoms with Crippen LogP contribution in [0.4, 0.5) is 0 Å². The quantitative estimate of drug-likeness (QED) is 0.107. The molecule has 0 aliphatic carbocycles. The van der Waals surface area contributed by atoms with Crippen molar-refractivity contribution in [2.75, 3.05) is 26.2 Å². The van der Waals surface area contributed by atoms with E-state index in [1.807, 2.05) is 13.8 Å². The third-order valence-electron chi connectivity index (χ3n) is 5.58. The fourth-order valence-electron chi connectivity index (χ4n) is 3.50. The first-order chi connectivity index (χ1) is 17.3. The maximum Gasteiger partial charge on any atom is 0.310 e. The van der Waals surface area contributed by atoms with Gasteiger partial charge in [0.25, 0.3) is 0 Å². The first-order valence-electron chi connectivity index (χ1n) is 12.9. The van der Waals surface area contributed by atoms with Crippen molar-refractivity contribution in [3.8, 4) is 0 Å². The molecule has 0 rings (SSSR count). The minimum atomic E-state index is -1.21. The van der Waals surface area contributed by atoms with Gasteiger partial charge in [0, 0.05) is 19.0 Å². The number of carbonyl (C=O) groups is 6. The van der Waals surface area contributed by atoms with Crippen molar-refractivity contribution in [1.82, 2.24) is 20.9 Å². The molecule has 0 aliphatic heterocycles. The molecular weight excluding hydrogens is 484 g/mol. The minimum Gasteiger partial charge on any atom is -0.481 e. The predicted octanol–water partition coefficient (Wildman–Crippen LogP) is 0.929. The number of rotatable bonds is 21. The zero-order valence-corrected chi connectivity index (χ0v) is 22.5. The number of hydrogen-bond acceptors (Lipinski definition) is 7. The third kappa shape index (κ3) is 17.1. The Morgan fingerprint density at radius 2 is 1.38 bits per heavy atom. The Labute approximate surface area is 218 Å². The van der Waals surface area contributed by atoms with E-state index in [4.69, 9.17) is 10.2 Å². The molecule has 37 heavy (non-hydrogen) atoms. The van der Waals surface area contributed by atoms with Crippen molar-refractivity contribution in [3.05, 3.63) is 0 Å². The van der Waals surface area contributed by atoms with Crippen LogP contribution >= 0.6 is 0 Å². The molecule has 12 heteroatoms. The van der Waals surface area contributed by atoms with Crippen LogP contribution in [0.3, 0.4) is 0 Å². The Morgan fingerprint density at radius 1 is 0.784 bits per heavy atom. The fourth-order valence-corrected chi connectivity index (χ4v) is 3.50. The molecular formula is C25H44N4O8. The van der Waals surface area contributed by atoms with Crippen molar-refractivity contribution >= 4 is 35.4 Å². The van der Waals surface area contributed by atoms with Crippen molar-refractivity contribution < 1.29 is 39.0 Å². The van der Waals surface area contributed by atoms with E-state index in [0.717, 1.165) is 32.1 Å². The van der Waals surface area contributed by atoms with Crippen LogP contribution in [0.2, 0.25) is 0 Å². The summed E-state index contributed by atoms with van der Waals surface area (Å²) < 4.78 is 0.